The molecule has 1 N–H and O–H groups in total. The summed E-state index contributed by atoms with van der Waals surface area (Å²) in [7, 11) is 0. The molecule has 0 aromatic carbocycles. The van der Waals surface area contributed by atoms with Gasteiger partial charge in [-0.3, -0.25) is 0 Å². The van der Waals surface area contributed by atoms with Gasteiger partial charge in [-0.05, 0) is 19.3 Å². The third-order valence-electron chi connectivity index (χ3n) is 1.42. The van der Waals surface area contributed by atoms with Crippen LogP contribution in [0.3, 0.4) is 0 Å². The zero-order valence-corrected chi connectivity index (χ0v) is 4.13. The number of hydrogen-bond donors (Lipinski definition) is 1. The Morgan fingerprint density at radius 2 is 2.14 bits per heavy atom. The summed E-state index contributed by atoms with van der Waals surface area (Å²) in [6.45, 7) is 0. The van der Waals surface area contributed by atoms with Crippen LogP contribution in [0.5, 0.6) is 0 Å². The lowest BCUT2D eigenvalue weighted by molar-refractivity contribution is -0.00345. The lowest BCUT2D eigenvalue weighted by Gasteiger charge is -2.00. The Hall–Kier alpha value is -0.0800. The van der Waals surface area contributed by atoms with Gasteiger partial charge in [0.2, 0.25) is 0 Å². The van der Waals surface area contributed by atoms with Gasteiger partial charge in [-0.25, -0.2) is 5.11 Å². The average Bonchev–Trinajstić information content (AvgIpc) is 1.91. The van der Waals surface area contributed by atoms with Crippen LogP contribution in [-0.2, 0) is 5.11 Å². The molecule has 0 bridgehead atoms. The van der Waals surface area contributed by atoms with Crippen molar-refractivity contribution in [3.8, 4) is 0 Å². The van der Waals surface area contributed by atoms with Gasteiger partial charge in [0.05, 0.1) is 6.10 Å². The second-order valence-electron chi connectivity index (χ2n) is 2.04. The van der Waals surface area contributed by atoms with Crippen LogP contribution in [0, 0.1) is 0 Å². The molecule has 0 aromatic rings. The van der Waals surface area contributed by atoms with Crippen molar-refractivity contribution >= 4 is 0 Å². The van der Waals surface area contributed by atoms with Gasteiger partial charge < -0.3 is 5.11 Å². The molecule has 0 spiro atoms. The van der Waals surface area contributed by atoms with Crippen molar-refractivity contribution in [3.63, 3.8) is 0 Å². The predicted octanol–water partition coefficient (Wildman–Crippen LogP) is 0.330. The normalized spacial score (nSPS) is 42.0. The van der Waals surface area contributed by atoms with Crippen molar-refractivity contribution in [1.29, 1.82) is 0 Å². The van der Waals surface area contributed by atoms with E-state index in [0.29, 0.717) is 12.8 Å². The molecule has 1 aliphatic carbocycles. The zero-order chi connectivity index (χ0) is 5.28. The maximum atomic E-state index is 10.4. The minimum atomic E-state index is -0.681. The molecule has 1 radical (unpaired) electrons. The Bertz CT molecular complexity index is 55.1. The highest BCUT2D eigenvalue weighted by Gasteiger charge is 2.23. The SMILES string of the molecule is [O]C1CCCC1O. The van der Waals surface area contributed by atoms with E-state index >= 15 is 0 Å². The molecule has 0 saturated heterocycles. The molecule has 1 saturated carbocycles. The van der Waals surface area contributed by atoms with Gasteiger partial charge in [-0.1, -0.05) is 0 Å². The molecule has 1 rings (SSSR count). The van der Waals surface area contributed by atoms with Crippen LogP contribution in [-0.4, -0.2) is 17.3 Å². The molecule has 2 nitrogen and oxygen atoms in total. The second kappa shape index (κ2) is 1.80. The zero-order valence-electron chi connectivity index (χ0n) is 4.13. The lowest BCUT2D eigenvalue weighted by atomic mass is 10.3. The van der Waals surface area contributed by atoms with Gasteiger partial charge in [0.15, 0.2) is 0 Å². The first-order chi connectivity index (χ1) is 3.30. The molecule has 41 valence electrons. The van der Waals surface area contributed by atoms with Crippen molar-refractivity contribution in [2.45, 2.75) is 31.5 Å². The second-order valence-corrected chi connectivity index (χ2v) is 2.04. The maximum Gasteiger partial charge on any atom is 0.119 e. The van der Waals surface area contributed by atoms with Crippen LogP contribution in [0.1, 0.15) is 19.3 Å². The van der Waals surface area contributed by atoms with Gasteiger partial charge in [-0.2, -0.15) is 0 Å². The molecular formula is C5H9O2. The molecule has 0 heterocycles. The highest BCUT2D eigenvalue weighted by atomic mass is 16.3. The molecule has 2 atom stereocenters. The molecule has 0 aromatic heterocycles. The van der Waals surface area contributed by atoms with E-state index in [1.54, 1.807) is 0 Å². The fourth-order valence-corrected chi connectivity index (χ4v) is 0.906. The molecular weight excluding hydrogens is 92.1 g/mol. The molecule has 2 heteroatoms. The highest BCUT2D eigenvalue weighted by molar-refractivity contribution is 4.74. The monoisotopic (exact) mass is 101 g/mol. The summed E-state index contributed by atoms with van der Waals surface area (Å²) < 4.78 is 0. The van der Waals surface area contributed by atoms with E-state index in [9.17, 15) is 5.11 Å². The third-order valence-corrected chi connectivity index (χ3v) is 1.42. The smallest absolute Gasteiger partial charge is 0.119 e. The first kappa shape index (κ1) is 5.06. The Balaban J connectivity index is 2.33. The van der Waals surface area contributed by atoms with E-state index in [4.69, 9.17) is 5.11 Å². The van der Waals surface area contributed by atoms with Gasteiger partial charge in [0, 0.05) is 0 Å². The molecule has 1 fully saturated rings. The van der Waals surface area contributed by atoms with Crippen molar-refractivity contribution in [3.05, 3.63) is 0 Å². The van der Waals surface area contributed by atoms with E-state index in [1.807, 2.05) is 0 Å². The average molecular weight is 101 g/mol. The van der Waals surface area contributed by atoms with E-state index in [1.165, 1.54) is 0 Å². The highest BCUT2D eigenvalue weighted by Crippen LogP contribution is 2.18. The number of aliphatic hydroxyl groups excluding tert-OH is 1. The summed E-state index contributed by atoms with van der Waals surface area (Å²) in [6, 6.07) is 0. The van der Waals surface area contributed by atoms with Crippen LogP contribution in [0.2, 0.25) is 0 Å². The number of aliphatic hydroxyl groups is 1. The summed E-state index contributed by atoms with van der Waals surface area (Å²) in [6.07, 6.45) is 1.07. The summed E-state index contributed by atoms with van der Waals surface area (Å²) >= 11 is 0. The van der Waals surface area contributed by atoms with Crippen molar-refractivity contribution in [2.75, 3.05) is 0 Å². The summed E-state index contributed by atoms with van der Waals surface area (Å²) in [5.41, 5.74) is 0. The van der Waals surface area contributed by atoms with Crippen LogP contribution in [0.25, 0.3) is 0 Å². The van der Waals surface area contributed by atoms with E-state index in [0.717, 1.165) is 6.42 Å². The quantitative estimate of drug-likeness (QED) is 0.469. The molecule has 0 amide bonds. The number of hydrogen-bond acceptors (Lipinski definition) is 1. The van der Waals surface area contributed by atoms with Gasteiger partial charge in [0.1, 0.15) is 6.10 Å². The molecule has 2 unspecified atom stereocenters. The minimum absolute atomic E-state index is 0.542. The van der Waals surface area contributed by atoms with Gasteiger partial charge >= 0.3 is 0 Å². The first-order valence-electron chi connectivity index (χ1n) is 2.64. The summed E-state index contributed by atoms with van der Waals surface area (Å²) in [5, 5.41) is 19.1. The predicted molar refractivity (Wildman–Crippen MR) is 24.3 cm³/mol. The Kier molecular flexibility index (Phi) is 1.30. The topological polar surface area (TPSA) is 40.1 Å². The van der Waals surface area contributed by atoms with Crippen LogP contribution in [0.4, 0.5) is 0 Å². The standard InChI is InChI=1S/C5H9O2/c6-4-2-1-3-5(4)7/h4-6H,1-3H2. The van der Waals surface area contributed by atoms with Gasteiger partial charge in [0.25, 0.3) is 0 Å². The van der Waals surface area contributed by atoms with E-state index in [2.05, 4.69) is 0 Å². The number of rotatable bonds is 0. The fourth-order valence-electron chi connectivity index (χ4n) is 0.906. The summed E-state index contributed by atoms with van der Waals surface area (Å²) in [4.78, 5) is 0. The Labute approximate surface area is 42.8 Å². The van der Waals surface area contributed by atoms with Gasteiger partial charge in [-0.15, -0.1) is 0 Å². The van der Waals surface area contributed by atoms with Crippen LogP contribution < -0.4 is 0 Å². The van der Waals surface area contributed by atoms with Crippen LogP contribution >= 0.6 is 0 Å². The Morgan fingerprint density at radius 1 is 1.43 bits per heavy atom. The van der Waals surface area contributed by atoms with Crippen LogP contribution in [0.15, 0.2) is 0 Å². The first-order valence-corrected chi connectivity index (χ1v) is 2.64. The van der Waals surface area contributed by atoms with Crippen molar-refractivity contribution in [1.82, 2.24) is 0 Å². The minimum Gasteiger partial charge on any atom is -0.390 e. The summed E-state index contributed by atoms with van der Waals surface area (Å²) in [5.74, 6) is 0. The maximum absolute atomic E-state index is 10.4. The molecule has 0 aliphatic heterocycles. The fraction of sp³-hybridized carbons (Fsp3) is 1.00. The molecule has 1 aliphatic rings. The lowest BCUT2D eigenvalue weighted by Crippen LogP contribution is -2.15. The van der Waals surface area contributed by atoms with E-state index < -0.39 is 12.2 Å². The van der Waals surface area contributed by atoms with Crippen molar-refractivity contribution < 1.29 is 10.2 Å². The molecule has 7 heavy (non-hydrogen) atoms. The Morgan fingerprint density at radius 3 is 2.29 bits per heavy atom. The third kappa shape index (κ3) is 0.924. The van der Waals surface area contributed by atoms with E-state index in [-0.39, 0.29) is 0 Å². The van der Waals surface area contributed by atoms with Crippen molar-refractivity contribution in [2.24, 2.45) is 0 Å². The largest absolute Gasteiger partial charge is 0.390 e.